The third-order valence-corrected chi connectivity index (χ3v) is 4.08. The molecule has 1 aliphatic heterocycles. The summed E-state index contributed by atoms with van der Waals surface area (Å²) < 4.78 is 0.743. The Morgan fingerprint density at radius 3 is 2.83 bits per heavy atom. The van der Waals surface area contributed by atoms with Gasteiger partial charge in [0.05, 0.1) is 3.57 Å². The van der Waals surface area contributed by atoms with Crippen molar-refractivity contribution < 1.29 is 9.90 Å². The van der Waals surface area contributed by atoms with Crippen molar-refractivity contribution in [2.75, 3.05) is 13.1 Å². The molecular formula is C13H17IN2O2. The molecule has 0 radical (unpaired) electrons. The van der Waals surface area contributed by atoms with E-state index in [0.717, 1.165) is 16.5 Å². The van der Waals surface area contributed by atoms with Crippen LogP contribution in [-0.4, -0.2) is 35.0 Å². The van der Waals surface area contributed by atoms with Crippen LogP contribution in [0.5, 0.6) is 5.75 Å². The van der Waals surface area contributed by atoms with Gasteiger partial charge in [0.15, 0.2) is 0 Å². The van der Waals surface area contributed by atoms with E-state index in [1.54, 1.807) is 17.0 Å². The first-order valence-electron chi connectivity index (χ1n) is 6.00. The Morgan fingerprint density at radius 2 is 2.22 bits per heavy atom. The zero-order valence-corrected chi connectivity index (χ0v) is 12.4. The van der Waals surface area contributed by atoms with Crippen LogP contribution in [0.25, 0.3) is 0 Å². The lowest BCUT2D eigenvalue weighted by atomic mass is 9.96. The van der Waals surface area contributed by atoms with Crippen molar-refractivity contribution in [1.82, 2.24) is 4.90 Å². The molecule has 1 aromatic rings. The summed E-state index contributed by atoms with van der Waals surface area (Å²) in [6, 6.07) is 5.06. The molecule has 0 saturated carbocycles. The number of piperidine rings is 1. The molecule has 2 atom stereocenters. The zero-order chi connectivity index (χ0) is 13.3. The molecule has 0 aromatic heterocycles. The van der Waals surface area contributed by atoms with E-state index < -0.39 is 0 Å². The van der Waals surface area contributed by atoms with Crippen LogP contribution < -0.4 is 5.73 Å². The number of hydrogen-bond donors (Lipinski definition) is 2. The van der Waals surface area contributed by atoms with Gasteiger partial charge in [-0.25, -0.2) is 0 Å². The Kier molecular flexibility index (Phi) is 4.11. The topological polar surface area (TPSA) is 66.6 Å². The monoisotopic (exact) mass is 360 g/mol. The second-order valence-electron chi connectivity index (χ2n) is 4.98. The molecule has 1 aliphatic rings. The molecule has 98 valence electrons. The average molecular weight is 360 g/mol. The Hall–Kier alpha value is -0.820. The molecule has 1 aromatic carbocycles. The number of carbonyl (C=O) groups excluding carboxylic acids is 1. The fourth-order valence-corrected chi connectivity index (χ4v) is 2.73. The molecule has 1 heterocycles. The van der Waals surface area contributed by atoms with Gasteiger partial charge in [0.1, 0.15) is 5.75 Å². The lowest BCUT2D eigenvalue weighted by Crippen LogP contribution is -2.48. The highest BCUT2D eigenvalue weighted by Crippen LogP contribution is 2.23. The van der Waals surface area contributed by atoms with E-state index in [1.165, 1.54) is 6.07 Å². The number of hydrogen-bond acceptors (Lipinski definition) is 3. The maximum atomic E-state index is 12.3. The lowest BCUT2D eigenvalue weighted by Gasteiger charge is -2.34. The third kappa shape index (κ3) is 2.95. The number of halogens is 1. The summed E-state index contributed by atoms with van der Waals surface area (Å²) in [4.78, 5) is 14.1. The van der Waals surface area contributed by atoms with Gasteiger partial charge in [0.25, 0.3) is 5.91 Å². The van der Waals surface area contributed by atoms with E-state index in [0.29, 0.717) is 18.0 Å². The summed E-state index contributed by atoms with van der Waals surface area (Å²) in [5, 5.41) is 9.65. The van der Waals surface area contributed by atoms with Crippen LogP contribution in [0.15, 0.2) is 18.2 Å². The first-order chi connectivity index (χ1) is 8.47. The number of benzene rings is 1. The minimum Gasteiger partial charge on any atom is -0.507 e. The normalized spacial score (nSPS) is 24.1. The largest absolute Gasteiger partial charge is 0.507 e. The molecule has 3 N–H and O–H groups in total. The van der Waals surface area contributed by atoms with Gasteiger partial charge in [-0.3, -0.25) is 4.79 Å². The summed E-state index contributed by atoms with van der Waals surface area (Å²) in [6.07, 6.45) is 0.960. The first-order valence-corrected chi connectivity index (χ1v) is 7.08. The minimum atomic E-state index is -0.0521. The SMILES string of the molecule is CC1CC(N)CN(C(=O)c2ccc(I)c(O)c2)C1. The fourth-order valence-electron chi connectivity index (χ4n) is 2.39. The summed E-state index contributed by atoms with van der Waals surface area (Å²) in [6.45, 7) is 3.43. The van der Waals surface area contributed by atoms with E-state index >= 15 is 0 Å². The van der Waals surface area contributed by atoms with Crippen LogP contribution in [0.4, 0.5) is 0 Å². The Bertz CT molecular complexity index is 454. The quantitative estimate of drug-likeness (QED) is 0.751. The number of aromatic hydroxyl groups is 1. The maximum absolute atomic E-state index is 12.3. The van der Waals surface area contributed by atoms with Gasteiger partial charge in [0, 0.05) is 24.7 Å². The summed E-state index contributed by atoms with van der Waals surface area (Å²) in [5.74, 6) is 0.523. The molecule has 18 heavy (non-hydrogen) atoms. The van der Waals surface area contributed by atoms with Crippen molar-refractivity contribution in [1.29, 1.82) is 0 Å². The average Bonchev–Trinajstić information content (AvgIpc) is 2.30. The molecule has 2 unspecified atom stereocenters. The van der Waals surface area contributed by atoms with Crippen LogP contribution in [0.2, 0.25) is 0 Å². The van der Waals surface area contributed by atoms with Gasteiger partial charge < -0.3 is 15.7 Å². The highest BCUT2D eigenvalue weighted by atomic mass is 127. The molecular weight excluding hydrogens is 343 g/mol. The molecule has 1 fully saturated rings. The van der Waals surface area contributed by atoms with E-state index in [2.05, 4.69) is 6.92 Å². The van der Waals surface area contributed by atoms with Crippen LogP contribution >= 0.6 is 22.6 Å². The van der Waals surface area contributed by atoms with Gasteiger partial charge in [-0.1, -0.05) is 6.92 Å². The summed E-state index contributed by atoms with van der Waals surface area (Å²) in [7, 11) is 0. The number of rotatable bonds is 1. The molecule has 1 saturated heterocycles. The zero-order valence-electron chi connectivity index (χ0n) is 10.3. The highest BCUT2D eigenvalue weighted by Gasteiger charge is 2.26. The van der Waals surface area contributed by atoms with E-state index in [4.69, 9.17) is 5.73 Å². The molecule has 0 aliphatic carbocycles. The van der Waals surface area contributed by atoms with Crippen molar-refractivity contribution >= 4 is 28.5 Å². The molecule has 4 nitrogen and oxygen atoms in total. The van der Waals surface area contributed by atoms with Gasteiger partial charge >= 0.3 is 0 Å². The Morgan fingerprint density at radius 1 is 1.50 bits per heavy atom. The van der Waals surface area contributed by atoms with Crippen molar-refractivity contribution in [3.63, 3.8) is 0 Å². The number of nitrogens with two attached hydrogens (primary N) is 1. The molecule has 2 rings (SSSR count). The van der Waals surface area contributed by atoms with Crippen LogP contribution in [0.1, 0.15) is 23.7 Å². The van der Waals surface area contributed by atoms with Gasteiger partial charge in [0.2, 0.25) is 0 Å². The molecule has 1 amide bonds. The number of phenolic OH excluding ortho intramolecular Hbond substituents is 1. The summed E-state index contributed by atoms with van der Waals surface area (Å²) >= 11 is 2.03. The number of amides is 1. The van der Waals surface area contributed by atoms with Gasteiger partial charge in [-0.15, -0.1) is 0 Å². The number of phenols is 1. The van der Waals surface area contributed by atoms with E-state index in [1.807, 2.05) is 22.6 Å². The number of carbonyl (C=O) groups is 1. The van der Waals surface area contributed by atoms with Crippen LogP contribution in [-0.2, 0) is 0 Å². The maximum Gasteiger partial charge on any atom is 0.254 e. The third-order valence-electron chi connectivity index (χ3n) is 3.17. The second-order valence-corrected chi connectivity index (χ2v) is 6.14. The predicted molar refractivity (Wildman–Crippen MR) is 78.5 cm³/mol. The highest BCUT2D eigenvalue weighted by molar-refractivity contribution is 14.1. The van der Waals surface area contributed by atoms with Gasteiger partial charge in [-0.2, -0.15) is 0 Å². The minimum absolute atomic E-state index is 0.0511. The number of likely N-dealkylation sites (tertiary alicyclic amines) is 1. The summed E-state index contributed by atoms with van der Waals surface area (Å²) in [5.41, 5.74) is 6.46. The Labute approximate surface area is 120 Å². The van der Waals surface area contributed by atoms with Crippen molar-refractivity contribution in [2.24, 2.45) is 11.7 Å². The van der Waals surface area contributed by atoms with Crippen molar-refractivity contribution in [3.8, 4) is 5.75 Å². The van der Waals surface area contributed by atoms with E-state index in [9.17, 15) is 9.90 Å². The van der Waals surface area contributed by atoms with Crippen LogP contribution in [0.3, 0.4) is 0 Å². The lowest BCUT2D eigenvalue weighted by molar-refractivity contribution is 0.0660. The molecule has 5 heteroatoms. The van der Waals surface area contributed by atoms with Crippen LogP contribution in [0, 0.1) is 9.49 Å². The molecule has 0 bridgehead atoms. The standard InChI is InChI=1S/C13H17IN2O2/c1-8-4-10(15)7-16(6-8)13(18)9-2-3-11(14)12(17)5-9/h2-3,5,8,10,17H,4,6-7,15H2,1H3. The molecule has 0 spiro atoms. The predicted octanol–water partition coefficient (Wildman–Crippen LogP) is 1.81. The van der Waals surface area contributed by atoms with Crippen molar-refractivity contribution in [2.45, 2.75) is 19.4 Å². The van der Waals surface area contributed by atoms with E-state index in [-0.39, 0.29) is 17.7 Å². The van der Waals surface area contributed by atoms with Crippen molar-refractivity contribution in [3.05, 3.63) is 27.3 Å². The number of nitrogens with zero attached hydrogens (tertiary/aromatic N) is 1. The van der Waals surface area contributed by atoms with Gasteiger partial charge in [-0.05, 0) is 53.1 Å². The smallest absolute Gasteiger partial charge is 0.254 e. The second kappa shape index (κ2) is 5.44. The first kappa shape index (κ1) is 13.6. The Balaban J connectivity index is 2.17. The fraction of sp³-hybridized carbons (Fsp3) is 0.462.